The molecular formula is C16H17ClF4N2O4. The van der Waals surface area contributed by atoms with Gasteiger partial charge in [-0.05, 0) is 37.8 Å². The summed E-state index contributed by atoms with van der Waals surface area (Å²) in [5.41, 5.74) is 5.74. The van der Waals surface area contributed by atoms with E-state index in [0.29, 0.717) is 17.9 Å². The zero-order chi connectivity index (χ0) is 20.2. The summed E-state index contributed by atoms with van der Waals surface area (Å²) in [6, 6.07) is 2.51. The lowest BCUT2D eigenvalue weighted by atomic mass is 9.91. The average Bonchev–Trinajstić information content (AvgIpc) is 2.60. The van der Waals surface area contributed by atoms with Gasteiger partial charge in [-0.2, -0.15) is 18.2 Å². The van der Waals surface area contributed by atoms with Crippen molar-refractivity contribution in [3.63, 3.8) is 0 Å². The summed E-state index contributed by atoms with van der Waals surface area (Å²) in [7, 11) is 0. The highest BCUT2D eigenvalue weighted by Gasteiger charge is 2.44. The molecule has 2 rings (SSSR count). The molecule has 0 heterocycles. The first-order valence-corrected chi connectivity index (χ1v) is 8.40. The molecule has 150 valence electrons. The number of carbonyl (C=O) groups is 2. The van der Waals surface area contributed by atoms with Crippen LogP contribution in [0.5, 0.6) is 5.75 Å². The van der Waals surface area contributed by atoms with E-state index in [1.807, 2.05) is 0 Å². The van der Waals surface area contributed by atoms with E-state index in [9.17, 15) is 27.2 Å². The first-order chi connectivity index (χ1) is 12.6. The number of nitrogens with two attached hydrogens (primary N) is 1. The number of benzene rings is 1. The molecule has 0 aliphatic heterocycles. The smallest absolute Gasteiger partial charge is 0.484 e. The maximum Gasteiger partial charge on any atom is 0.493 e. The summed E-state index contributed by atoms with van der Waals surface area (Å²) < 4.78 is 56.0. The SMILES string of the molecule is NC1CCC(N(OC(=O)C(F)(F)F)C(=O)COc2ccc(Cl)c(F)c2)CC1. The highest BCUT2D eigenvalue weighted by Crippen LogP contribution is 2.26. The van der Waals surface area contributed by atoms with Gasteiger partial charge in [-0.1, -0.05) is 11.6 Å². The monoisotopic (exact) mass is 412 g/mol. The lowest BCUT2D eigenvalue weighted by Gasteiger charge is -2.34. The van der Waals surface area contributed by atoms with Crippen LogP contribution in [0, 0.1) is 5.82 Å². The van der Waals surface area contributed by atoms with Crippen LogP contribution in [0.15, 0.2) is 18.2 Å². The van der Waals surface area contributed by atoms with Gasteiger partial charge in [0.05, 0.1) is 11.1 Å². The quantitative estimate of drug-likeness (QED) is 0.607. The van der Waals surface area contributed by atoms with Crippen molar-refractivity contribution in [1.29, 1.82) is 0 Å². The molecule has 1 aromatic carbocycles. The van der Waals surface area contributed by atoms with E-state index < -0.39 is 36.5 Å². The number of ether oxygens (including phenoxy) is 1. The van der Waals surface area contributed by atoms with Crippen LogP contribution >= 0.6 is 11.6 Å². The molecular weight excluding hydrogens is 396 g/mol. The van der Waals surface area contributed by atoms with Gasteiger partial charge in [0.1, 0.15) is 11.6 Å². The number of nitrogens with zero attached hydrogens (tertiary/aromatic N) is 1. The van der Waals surface area contributed by atoms with Crippen LogP contribution in [0.2, 0.25) is 5.02 Å². The van der Waals surface area contributed by atoms with Gasteiger partial charge in [0.2, 0.25) is 0 Å². The number of alkyl halides is 3. The second-order valence-electron chi connectivity index (χ2n) is 6.03. The number of carbonyl (C=O) groups excluding carboxylic acids is 2. The highest BCUT2D eigenvalue weighted by molar-refractivity contribution is 6.30. The predicted octanol–water partition coefficient (Wildman–Crippen LogP) is 2.98. The second-order valence-corrected chi connectivity index (χ2v) is 6.44. The first kappa shape index (κ1) is 21.2. The summed E-state index contributed by atoms with van der Waals surface area (Å²) in [5.74, 6) is -4.37. The van der Waals surface area contributed by atoms with Gasteiger partial charge in [-0.15, -0.1) is 0 Å². The van der Waals surface area contributed by atoms with E-state index in [1.165, 1.54) is 12.1 Å². The summed E-state index contributed by atoms with van der Waals surface area (Å²) in [6.07, 6.45) is -3.80. The zero-order valence-electron chi connectivity index (χ0n) is 14.0. The molecule has 27 heavy (non-hydrogen) atoms. The van der Waals surface area contributed by atoms with Crippen molar-refractivity contribution in [3.8, 4) is 5.75 Å². The molecule has 0 aromatic heterocycles. The number of hydrogen-bond donors (Lipinski definition) is 1. The fourth-order valence-electron chi connectivity index (χ4n) is 2.58. The first-order valence-electron chi connectivity index (χ1n) is 8.02. The Morgan fingerprint density at radius 2 is 1.85 bits per heavy atom. The van der Waals surface area contributed by atoms with Gasteiger partial charge in [-0.25, -0.2) is 9.18 Å². The lowest BCUT2D eigenvalue weighted by Crippen LogP contribution is -2.48. The highest BCUT2D eigenvalue weighted by atomic mass is 35.5. The number of hydroxylamine groups is 2. The third kappa shape index (κ3) is 5.96. The summed E-state index contributed by atoms with van der Waals surface area (Å²) in [4.78, 5) is 27.8. The van der Waals surface area contributed by atoms with Gasteiger partial charge < -0.3 is 15.3 Å². The van der Waals surface area contributed by atoms with Gasteiger partial charge in [0.15, 0.2) is 6.61 Å². The molecule has 1 aliphatic rings. The Morgan fingerprint density at radius 3 is 2.41 bits per heavy atom. The minimum absolute atomic E-state index is 0.0574. The molecule has 6 nitrogen and oxygen atoms in total. The maximum atomic E-state index is 13.4. The van der Waals surface area contributed by atoms with Crippen molar-refractivity contribution in [1.82, 2.24) is 5.06 Å². The Kier molecular flexibility index (Phi) is 6.88. The fraction of sp³-hybridized carbons (Fsp3) is 0.500. The predicted molar refractivity (Wildman–Crippen MR) is 86.1 cm³/mol. The number of hydrogen-bond acceptors (Lipinski definition) is 5. The van der Waals surface area contributed by atoms with Crippen molar-refractivity contribution < 1.29 is 36.7 Å². The Balaban J connectivity index is 2.07. The number of rotatable bonds is 4. The molecule has 1 fully saturated rings. The Morgan fingerprint density at radius 1 is 1.22 bits per heavy atom. The summed E-state index contributed by atoms with van der Waals surface area (Å²) in [5, 5.41) is 0.224. The molecule has 1 saturated carbocycles. The van der Waals surface area contributed by atoms with Gasteiger partial charge in [0.25, 0.3) is 5.91 Å². The lowest BCUT2D eigenvalue weighted by molar-refractivity contribution is -0.245. The van der Waals surface area contributed by atoms with E-state index in [4.69, 9.17) is 22.1 Å². The zero-order valence-corrected chi connectivity index (χ0v) is 14.7. The molecule has 1 aliphatic carbocycles. The molecule has 0 radical (unpaired) electrons. The van der Waals surface area contributed by atoms with Gasteiger partial charge in [-0.3, -0.25) is 4.79 Å². The van der Waals surface area contributed by atoms with E-state index >= 15 is 0 Å². The van der Waals surface area contributed by atoms with Crippen LogP contribution in [0.1, 0.15) is 25.7 Å². The Bertz CT molecular complexity index is 693. The van der Waals surface area contributed by atoms with Crippen molar-refractivity contribution >= 4 is 23.5 Å². The van der Waals surface area contributed by atoms with E-state index in [1.54, 1.807) is 0 Å². The van der Waals surface area contributed by atoms with Crippen LogP contribution in [0.4, 0.5) is 17.6 Å². The molecule has 0 spiro atoms. The van der Waals surface area contributed by atoms with Crippen LogP contribution in [-0.4, -0.2) is 41.8 Å². The third-order valence-corrected chi connectivity index (χ3v) is 4.29. The van der Waals surface area contributed by atoms with Crippen molar-refractivity contribution in [2.45, 2.75) is 43.9 Å². The second kappa shape index (κ2) is 8.75. The molecule has 11 heteroatoms. The van der Waals surface area contributed by atoms with Crippen LogP contribution in [0.3, 0.4) is 0 Å². The minimum atomic E-state index is -5.26. The molecule has 1 aromatic rings. The van der Waals surface area contributed by atoms with Crippen molar-refractivity contribution in [3.05, 3.63) is 29.0 Å². The maximum absolute atomic E-state index is 13.4. The number of halogens is 5. The molecule has 0 bridgehead atoms. The standard InChI is InChI=1S/C16H17ClF4N2O4/c17-12-6-5-11(7-13(12)18)26-8-14(24)23(27-15(25)16(19,20)21)10-3-1-9(22)2-4-10/h5-7,9-10H,1-4,8,22H2. The van der Waals surface area contributed by atoms with E-state index in [-0.39, 0.29) is 29.7 Å². The Labute approximate surface area is 157 Å². The number of amides is 1. The Hall–Kier alpha value is -2.07. The molecule has 0 atom stereocenters. The van der Waals surface area contributed by atoms with Crippen LogP contribution in [0.25, 0.3) is 0 Å². The van der Waals surface area contributed by atoms with Crippen molar-refractivity contribution in [2.24, 2.45) is 5.73 Å². The topological polar surface area (TPSA) is 81.9 Å². The van der Waals surface area contributed by atoms with Gasteiger partial charge >= 0.3 is 12.1 Å². The largest absolute Gasteiger partial charge is 0.493 e. The molecule has 1 amide bonds. The van der Waals surface area contributed by atoms with Crippen molar-refractivity contribution in [2.75, 3.05) is 6.61 Å². The molecule has 0 unspecified atom stereocenters. The summed E-state index contributed by atoms with van der Waals surface area (Å²) in [6.45, 7) is -0.755. The minimum Gasteiger partial charge on any atom is -0.484 e. The van der Waals surface area contributed by atoms with Crippen LogP contribution in [-0.2, 0) is 14.4 Å². The summed E-state index contributed by atoms with van der Waals surface area (Å²) >= 11 is 5.53. The third-order valence-electron chi connectivity index (χ3n) is 3.98. The van der Waals surface area contributed by atoms with Gasteiger partial charge in [0, 0.05) is 12.1 Å². The molecule has 0 saturated heterocycles. The van der Waals surface area contributed by atoms with E-state index in [2.05, 4.69) is 4.84 Å². The average molecular weight is 413 g/mol. The van der Waals surface area contributed by atoms with Crippen LogP contribution < -0.4 is 10.5 Å². The molecule has 2 N–H and O–H groups in total. The normalized spacial score (nSPS) is 20.1. The fourth-order valence-corrected chi connectivity index (χ4v) is 2.70. The van der Waals surface area contributed by atoms with E-state index in [0.717, 1.165) is 6.07 Å².